The Labute approximate surface area is 138 Å². The number of piperidine rings is 1. The first kappa shape index (κ1) is 14.4. The van der Waals surface area contributed by atoms with Crippen molar-refractivity contribution in [2.45, 2.75) is 25.7 Å². The number of hydrogen-bond donors (Lipinski definition) is 1. The van der Waals surface area contributed by atoms with Crippen molar-refractivity contribution < 1.29 is 4.79 Å². The summed E-state index contributed by atoms with van der Waals surface area (Å²) in [6.07, 6.45) is 3.58. The third-order valence-electron chi connectivity index (χ3n) is 4.51. The molecule has 1 aromatic carbocycles. The number of carbonyl (C=O) groups is 1. The summed E-state index contributed by atoms with van der Waals surface area (Å²) in [5, 5.41) is 7.95. The van der Waals surface area contributed by atoms with Crippen LogP contribution in [0, 0.1) is 6.92 Å². The number of carbonyl (C=O) groups excluding carboxylic acids is 1. The number of thiophene rings is 1. The molecule has 1 saturated heterocycles. The van der Waals surface area contributed by atoms with Crippen molar-refractivity contribution in [2.24, 2.45) is 0 Å². The molecule has 0 saturated carbocycles. The van der Waals surface area contributed by atoms with E-state index in [-0.39, 0.29) is 11.8 Å². The van der Waals surface area contributed by atoms with E-state index in [2.05, 4.69) is 21.2 Å². The Bertz CT molecular complexity index is 840. The molecule has 0 radical (unpaired) electrons. The maximum absolute atomic E-state index is 13.1. The molecule has 1 N–H and O–H groups in total. The molecule has 0 bridgehead atoms. The van der Waals surface area contributed by atoms with Gasteiger partial charge in [-0.1, -0.05) is 18.2 Å². The van der Waals surface area contributed by atoms with Gasteiger partial charge < -0.3 is 4.90 Å². The second-order valence-electron chi connectivity index (χ2n) is 5.99. The van der Waals surface area contributed by atoms with E-state index in [0.29, 0.717) is 6.54 Å². The Kier molecular flexibility index (Phi) is 3.61. The maximum atomic E-state index is 13.1. The summed E-state index contributed by atoms with van der Waals surface area (Å²) in [7, 11) is 0. The van der Waals surface area contributed by atoms with Gasteiger partial charge in [-0.2, -0.15) is 5.10 Å². The number of aromatic nitrogens is 3. The minimum Gasteiger partial charge on any atom is -0.338 e. The number of H-pyrrole nitrogens is 1. The molecule has 1 atom stereocenters. The topological polar surface area (TPSA) is 61.9 Å². The van der Waals surface area contributed by atoms with Crippen LogP contribution in [0.1, 0.15) is 39.8 Å². The van der Waals surface area contributed by atoms with E-state index in [1.54, 1.807) is 11.3 Å². The summed E-state index contributed by atoms with van der Waals surface area (Å²) in [4.78, 5) is 20.4. The second-order valence-corrected chi connectivity index (χ2v) is 7.25. The van der Waals surface area contributed by atoms with E-state index in [1.165, 1.54) is 11.0 Å². The molecule has 5 nitrogen and oxygen atoms in total. The van der Waals surface area contributed by atoms with Crippen LogP contribution >= 0.6 is 11.3 Å². The lowest BCUT2D eigenvalue weighted by atomic mass is 9.96. The summed E-state index contributed by atoms with van der Waals surface area (Å²) >= 11 is 1.69. The van der Waals surface area contributed by atoms with Crippen LogP contribution in [0.4, 0.5) is 0 Å². The lowest BCUT2D eigenvalue weighted by Crippen LogP contribution is -2.39. The molecule has 1 aliphatic rings. The molecule has 1 amide bonds. The van der Waals surface area contributed by atoms with Crippen LogP contribution in [-0.4, -0.2) is 39.1 Å². The molecule has 118 valence electrons. The van der Waals surface area contributed by atoms with E-state index >= 15 is 0 Å². The number of aromatic amines is 1. The zero-order valence-electron chi connectivity index (χ0n) is 13.0. The highest BCUT2D eigenvalue weighted by molar-refractivity contribution is 7.19. The summed E-state index contributed by atoms with van der Waals surface area (Å²) < 4.78 is 1.18. The Hall–Kier alpha value is -2.21. The third kappa shape index (κ3) is 2.53. The van der Waals surface area contributed by atoms with Crippen molar-refractivity contribution in [1.82, 2.24) is 20.1 Å². The van der Waals surface area contributed by atoms with Crippen molar-refractivity contribution in [3.05, 3.63) is 46.9 Å². The van der Waals surface area contributed by atoms with Crippen molar-refractivity contribution in [2.75, 3.05) is 13.1 Å². The van der Waals surface area contributed by atoms with Crippen LogP contribution < -0.4 is 0 Å². The van der Waals surface area contributed by atoms with Crippen molar-refractivity contribution >= 4 is 27.3 Å². The third-order valence-corrected chi connectivity index (χ3v) is 5.60. The van der Waals surface area contributed by atoms with E-state index in [9.17, 15) is 4.79 Å². The Morgan fingerprint density at radius 2 is 2.26 bits per heavy atom. The van der Waals surface area contributed by atoms with Gasteiger partial charge in [-0.05, 0) is 25.8 Å². The molecule has 3 aromatic rings. The molecule has 0 aliphatic carbocycles. The fraction of sp³-hybridized carbons (Fsp3) is 0.353. The van der Waals surface area contributed by atoms with E-state index in [1.807, 2.05) is 30.0 Å². The molecule has 6 heteroatoms. The SMILES string of the molecule is Cc1sc2ccccc2c1C(=O)N1CCCC(c2ncn[nH]2)C1. The average Bonchev–Trinajstić information content (AvgIpc) is 3.21. The van der Waals surface area contributed by atoms with E-state index < -0.39 is 0 Å². The number of fused-ring (bicyclic) bond motifs is 1. The number of hydrogen-bond acceptors (Lipinski definition) is 4. The summed E-state index contributed by atoms with van der Waals surface area (Å²) in [5.74, 6) is 1.28. The number of amides is 1. The summed E-state index contributed by atoms with van der Waals surface area (Å²) in [5.41, 5.74) is 0.865. The number of nitrogens with zero attached hydrogens (tertiary/aromatic N) is 3. The minimum atomic E-state index is 0.143. The predicted octanol–water partition coefficient (Wildman–Crippen LogP) is 3.35. The summed E-state index contributed by atoms with van der Waals surface area (Å²) in [6, 6.07) is 8.15. The molecule has 1 fully saturated rings. The van der Waals surface area contributed by atoms with Crippen LogP contribution in [0.2, 0.25) is 0 Å². The van der Waals surface area contributed by atoms with Crippen LogP contribution in [0.5, 0.6) is 0 Å². The summed E-state index contributed by atoms with van der Waals surface area (Å²) in [6.45, 7) is 3.56. The van der Waals surface area contributed by atoms with Crippen LogP contribution in [0.15, 0.2) is 30.6 Å². The van der Waals surface area contributed by atoms with Gasteiger partial charge in [0, 0.05) is 34.0 Å². The van der Waals surface area contributed by atoms with Crippen molar-refractivity contribution in [3.63, 3.8) is 0 Å². The first-order valence-corrected chi connectivity index (χ1v) is 8.68. The number of aryl methyl sites for hydroxylation is 1. The maximum Gasteiger partial charge on any atom is 0.255 e. The highest BCUT2D eigenvalue weighted by Gasteiger charge is 2.29. The molecule has 23 heavy (non-hydrogen) atoms. The van der Waals surface area contributed by atoms with Crippen molar-refractivity contribution in [1.29, 1.82) is 0 Å². The largest absolute Gasteiger partial charge is 0.338 e. The van der Waals surface area contributed by atoms with Gasteiger partial charge in [-0.3, -0.25) is 9.89 Å². The normalized spacial score (nSPS) is 18.5. The van der Waals surface area contributed by atoms with Gasteiger partial charge in [0.1, 0.15) is 12.2 Å². The van der Waals surface area contributed by atoms with Crippen LogP contribution in [0.25, 0.3) is 10.1 Å². The Balaban J connectivity index is 1.64. The zero-order chi connectivity index (χ0) is 15.8. The molecule has 1 unspecified atom stereocenters. The lowest BCUT2D eigenvalue weighted by molar-refractivity contribution is 0.0706. The molecular weight excluding hydrogens is 308 g/mol. The van der Waals surface area contributed by atoms with Gasteiger partial charge in [0.05, 0.1) is 5.56 Å². The van der Waals surface area contributed by atoms with Gasteiger partial charge in [0.2, 0.25) is 0 Å². The smallest absolute Gasteiger partial charge is 0.255 e. The first-order chi connectivity index (χ1) is 11.2. The quantitative estimate of drug-likeness (QED) is 0.785. The van der Waals surface area contributed by atoms with E-state index in [4.69, 9.17) is 0 Å². The molecule has 4 rings (SSSR count). The molecule has 0 spiro atoms. The molecule has 2 aromatic heterocycles. The highest BCUT2D eigenvalue weighted by Crippen LogP contribution is 2.33. The lowest BCUT2D eigenvalue weighted by Gasteiger charge is -2.31. The number of nitrogens with one attached hydrogen (secondary N) is 1. The number of benzene rings is 1. The van der Waals surface area contributed by atoms with Gasteiger partial charge in [0.25, 0.3) is 5.91 Å². The standard InChI is InChI=1S/C17H18N4OS/c1-11-15(13-6-2-3-7-14(13)23-11)17(22)21-8-4-5-12(9-21)16-18-10-19-20-16/h2-3,6-7,10,12H,4-5,8-9H2,1H3,(H,18,19,20). The minimum absolute atomic E-state index is 0.143. The van der Waals surface area contributed by atoms with E-state index in [0.717, 1.165) is 41.0 Å². The average molecular weight is 326 g/mol. The molecular formula is C17H18N4OS. The predicted molar refractivity (Wildman–Crippen MR) is 90.8 cm³/mol. The fourth-order valence-electron chi connectivity index (χ4n) is 3.39. The Morgan fingerprint density at radius 1 is 1.39 bits per heavy atom. The molecule has 1 aliphatic heterocycles. The zero-order valence-corrected chi connectivity index (χ0v) is 13.8. The first-order valence-electron chi connectivity index (χ1n) is 7.86. The van der Waals surface area contributed by atoms with Gasteiger partial charge in [0.15, 0.2) is 0 Å². The number of likely N-dealkylation sites (tertiary alicyclic amines) is 1. The second kappa shape index (κ2) is 5.77. The highest BCUT2D eigenvalue weighted by atomic mass is 32.1. The number of rotatable bonds is 2. The monoisotopic (exact) mass is 326 g/mol. The fourth-order valence-corrected chi connectivity index (χ4v) is 4.44. The van der Waals surface area contributed by atoms with Gasteiger partial charge >= 0.3 is 0 Å². The molecule has 3 heterocycles. The van der Waals surface area contributed by atoms with Crippen LogP contribution in [0.3, 0.4) is 0 Å². The van der Waals surface area contributed by atoms with Crippen LogP contribution in [-0.2, 0) is 0 Å². The van der Waals surface area contributed by atoms with Gasteiger partial charge in [-0.25, -0.2) is 4.98 Å². The van der Waals surface area contributed by atoms with Gasteiger partial charge in [-0.15, -0.1) is 11.3 Å². The Morgan fingerprint density at radius 3 is 3.09 bits per heavy atom. The van der Waals surface area contributed by atoms with Crippen molar-refractivity contribution in [3.8, 4) is 0 Å².